The summed E-state index contributed by atoms with van der Waals surface area (Å²) in [4.78, 5) is 28.4. The molecule has 2 aromatic rings. The van der Waals surface area contributed by atoms with Crippen LogP contribution in [0.25, 0.3) is 0 Å². The zero-order chi connectivity index (χ0) is 19.8. The highest BCUT2D eigenvalue weighted by atomic mass is 35.5. The number of imide groups is 1. The Morgan fingerprint density at radius 1 is 1.22 bits per heavy atom. The van der Waals surface area contributed by atoms with Gasteiger partial charge in [0.05, 0.1) is 23.4 Å². The molecule has 1 aliphatic rings. The van der Waals surface area contributed by atoms with Gasteiger partial charge < -0.3 is 4.74 Å². The summed E-state index contributed by atoms with van der Waals surface area (Å²) >= 11 is 6.12. The molecular formula is C18H14ClF3N2O3. The van der Waals surface area contributed by atoms with Gasteiger partial charge in [-0.1, -0.05) is 23.7 Å². The van der Waals surface area contributed by atoms with Crippen molar-refractivity contribution in [3.05, 3.63) is 58.4 Å². The number of carbonyl (C=O) groups excluding carboxylic acids is 2. The first-order valence-corrected chi connectivity index (χ1v) is 8.28. The van der Waals surface area contributed by atoms with E-state index in [4.69, 9.17) is 16.3 Å². The first-order chi connectivity index (χ1) is 12.7. The molecule has 1 N–H and O–H groups in total. The number of ether oxygens (including phenoxy) is 1. The minimum Gasteiger partial charge on any atom is -0.497 e. The SMILES string of the molecule is COc1ccc([C@]2(c3ncc(C(F)(F)F)cc3Cl)CCC(=O)NC2=O)cc1. The summed E-state index contributed by atoms with van der Waals surface area (Å²) in [6.07, 6.45) is -3.96. The molecule has 1 fully saturated rings. The topological polar surface area (TPSA) is 68.3 Å². The first kappa shape index (κ1) is 19.2. The van der Waals surface area contributed by atoms with Gasteiger partial charge in [-0.2, -0.15) is 13.2 Å². The number of amides is 2. The van der Waals surface area contributed by atoms with Gasteiger partial charge >= 0.3 is 6.18 Å². The molecule has 1 atom stereocenters. The molecule has 2 amide bonds. The molecule has 0 radical (unpaired) electrons. The Labute approximate surface area is 157 Å². The number of pyridine rings is 1. The molecular weight excluding hydrogens is 385 g/mol. The lowest BCUT2D eigenvalue weighted by Gasteiger charge is -2.36. The summed E-state index contributed by atoms with van der Waals surface area (Å²) in [5.74, 6) is -0.613. The third-order valence-electron chi connectivity index (χ3n) is 4.52. The number of nitrogens with one attached hydrogen (secondary N) is 1. The van der Waals surface area contributed by atoms with Crippen molar-refractivity contribution in [2.75, 3.05) is 7.11 Å². The van der Waals surface area contributed by atoms with Crippen LogP contribution in [0.4, 0.5) is 13.2 Å². The van der Waals surface area contributed by atoms with Crippen molar-refractivity contribution in [2.24, 2.45) is 0 Å². The number of alkyl halides is 3. The Morgan fingerprint density at radius 2 is 1.89 bits per heavy atom. The highest BCUT2D eigenvalue weighted by Crippen LogP contribution is 2.43. The number of piperidine rings is 1. The molecule has 1 aliphatic heterocycles. The van der Waals surface area contributed by atoms with Crippen LogP contribution in [0.3, 0.4) is 0 Å². The van der Waals surface area contributed by atoms with Gasteiger partial charge in [0.1, 0.15) is 11.2 Å². The molecule has 2 heterocycles. The van der Waals surface area contributed by atoms with Crippen LogP contribution in [-0.2, 0) is 21.2 Å². The molecule has 9 heteroatoms. The van der Waals surface area contributed by atoms with Crippen molar-refractivity contribution in [3.63, 3.8) is 0 Å². The highest BCUT2D eigenvalue weighted by Gasteiger charge is 2.48. The maximum Gasteiger partial charge on any atom is 0.417 e. The lowest BCUT2D eigenvalue weighted by molar-refractivity contribution is -0.138. The number of methoxy groups -OCH3 is 1. The molecule has 3 rings (SSSR count). The van der Waals surface area contributed by atoms with E-state index in [0.717, 1.165) is 6.07 Å². The number of aromatic nitrogens is 1. The van der Waals surface area contributed by atoms with E-state index in [1.54, 1.807) is 24.3 Å². The lowest BCUT2D eigenvalue weighted by atomic mass is 9.71. The van der Waals surface area contributed by atoms with Crippen LogP contribution in [0.15, 0.2) is 36.5 Å². The van der Waals surface area contributed by atoms with E-state index in [9.17, 15) is 22.8 Å². The van der Waals surface area contributed by atoms with E-state index in [0.29, 0.717) is 17.5 Å². The second-order valence-electron chi connectivity index (χ2n) is 6.06. The number of benzene rings is 1. The molecule has 27 heavy (non-hydrogen) atoms. The van der Waals surface area contributed by atoms with E-state index < -0.39 is 29.0 Å². The van der Waals surface area contributed by atoms with Crippen LogP contribution in [0.5, 0.6) is 5.75 Å². The Kier molecular flexibility index (Phi) is 4.86. The number of hydrogen-bond acceptors (Lipinski definition) is 4. The van der Waals surface area contributed by atoms with Crippen molar-refractivity contribution in [1.29, 1.82) is 0 Å². The Bertz CT molecular complexity index is 900. The van der Waals surface area contributed by atoms with Crippen molar-refractivity contribution < 1.29 is 27.5 Å². The lowest BCUT2D eigenvalue weighted by Crippen LogP contribution is -2.52. The molecule has 5 nitrogen and oxygen atoms in total. The van der Waals surface area contributed by atoms with Crippen LogP contribution >= 0.6 is 11.6 Å². The summed E-state index contributed by atoms with van der Waals surface area (Å²) in [7, 11) is 1.48. The van der Waals surface area contributed by atoms with Gasteiger partial charge in [-0.15, -0.1) is 0 Å². The summed E-state index contributed by atoms with van der Waals surface area (Å²) in [6.45, 7) is 0. The fraction of sp³-hybridized carbons (Fsp3) is 0.278. The predicted octanol–water partition coefficient (Wildman–Crippen LogP) is 3.49. The van der Waals surface area contributed by atoms with Crippen molar-refractivity contribution in [3.8, 4) is 5.75 Å². The zero-order valence-corrected chi connectivity index (χ0v) is 14.8. The summed E-state index contributed by atoms with van der Waals surface area (Å²) in [5, 5.41) is 1.94. The number of rotatable bonds is 3. The van der Waals surface area contributed by atoms with Gasteiger partial charge in [0, 0.05) is 12.6 Å². The molecule has 0 aliphatic carbocycles. The van der Waals surface area contributed by atoms with E-state index in [1.165, 1.54) is 7.11 Å². The Balaban J connectivity index is 2.19. The normalized spacial score (nSPS) is 20.3. The molecule has 1 aromatic heterocycles. The van der Waals surface area contributed by atoms with Gasteiger partial charge in [-0.05, 0) is 30.2 Å². The summed E-state index contributed by atoms with van der Waals surface area (Å²) in [6, 6.07) is 7.16. The molecule has 0 unspecified atom stereocenters. The molecule has 142 valence electrons. The monoisotopic (exact) mass is 398 g/mol. The van der Waals surface area contributed by atoms with Gasteiger partial charge in [0.15, 0.2) is 0 Å². The second-order valence-corrected chi connectivity index (χ2v) is 6.47. The van der Waals surface area contributed by atoms with Crippen molar-refractivity contribution >= 4 is 23.4 Å². The standard InChI is InChI=1S/C18H14ClF3N2O3/c1-27-12-4-2-10(3-5-12)17(7-6-14(25)24-16(17)26)15-13(19)8-11(9-23-15)18(20,21)22/h2-5,8-9H,6-7H2,1H3,(H,24,25,26)/t17-/m0/s1. The highest BCUT2D eigenvalue weighted by molar-refractivity contribution is 6.32. The smallest absolute Gasteiger partial charge is 0.417 e. The van der Waals surface area contributed by atoms with Gasteiger partial charge in [-0.25, -0.2) is 0 Å². The van der Waals surface area contributed by atoms with E-state index in [2.05, 4.69) is 10.3 Å². The molecule has 0 spiro atoms. The molecule has 1 aromatic carbocycles. The quantitative estimate of drug-likeness (QED) is 0.804. The first-order valence-electron chi connectivity index (χ1n) is 7.90. The third-order valence-corrected chi connectivity index (χ3v) is 4.81. The minimum absolute atomic E-state index is 0.00317. The maximum absolute atomic E-state index is 12.9. The van der Waals surface area contributed by atoms with Crippen molar-refractivity contribution in [1.82, 2.24) is 10.3 Å². The predicted molar refractivity (Wildman–Crippen MR) is 90.4 cm³/mol. The number of carbonyl (C=O) groups is 2. The van der Waals surface area contributed by atoms with Gasteiger partial charge in [0.2, 0.25) is 11.8 Å². The Morgan fingerprint density at radius 3 is 2.41 bits per heavy atom. The van der Waals surface area contributed by atoms with Gasteiger partial charge in [0.25, 0.3) is 0 Å². The maximum atomic E-state index is 12.9. The fourth-order valence-corrected chi connectivity index (χ4v) is 3.46. The van der Waals surface area contributed by atoms with E-state index in [1.807, 2.05) is 0 Å². The molecule has 0 bridgehead atoms. The van der Waals surface area contributed by atoms with Crippen LogP contribution in [0.2, 0.25) is 5.02 Å². The largest absolute Gasteiger partial charge is 0.497 e. The Hall–Kier alpha value is -2.61. The molecule has 0 saturated carbocycles. The third kappa shape index (κ3) is 3.37. The van der Waals surface area contributed by atoms with E-state index in [-0.39, 0.29) is 23.6 Å². The van der Waals surface area contributed by atoms with E-state index >= 15 is 0 Å². The second kappa shape index (κ2) is 6.84. The molecule has 1 saturated heterocycles. The van der Waals surface area contributed by atoms with Crippen LogP contribution in [-0.4, -0.2) is 23.9 Å². The van der Waals surface area contributed by atoms with Crippen LogP contribution in [0, 0.1) is 0 Å². The average molecular weight is 399 g/mol. The van der Waals surface area contributed by atoms with Crippen molar-refractivity contribution in [2.45, 2.75) is 24.4 Å². The fourth-order valence-electron chi connectivity index (χ4n) is 3.13. The van der Waals surface area contributed by atoms with Crippen LogP contribution < -0.4 is 10.1 Å². The van der Waals surface area contributed by atoms with Crippen LogP contribution in [0.1, 0.15) is 29.7 Å². The summed E-state index contributed by atoms with van der Waals surface area (Å²) in [5.41, 5.74) is -2.09. The summed E-state index contributed by atoms with van der Waals surface area (Å²) < 4.78 is 43.9. The average Bonchev–Trinajstić information content (AvgIpc) is 2.62. The number of hydrogen-bond donors (Lipinski definition) is 1. The van der Waals surface area contributed by atoms with Gasteiger partial charge in [-0.3, -0.25) is 19.9 Å². The zero-order valence-electron chi connectivity index (χ0n) is 14.1. The number of halogens is 4. The minimum atomic E-state index is -4.62. The number of nitrogens with zero attached hydrogens (tertiary/aromatic N) is 1.